The Balaban J connectivity index is 3.68. The van der Waals surface area contributed by atoms with Gasteiger partial charge in [0.2, 0.25) is 0 Å². The maximum Gasteiger partial charge on any atom is 0.268 e. The Morgan fingerprint density at radius 3 is 2.27 bits per heavy atom. The maximum atomic E-state index is 13.0. The van der Waals surface area contributed by atoms with Crippen molar-refractivity contribution in [2.45, 2.75) is 11.3 Å². The van der Waals surface area contributed by atoms with Gasteiger partial charge in [-0.2, -0.15) is 0 Å². The minimum atomic E-state index is -4.64. The highest BCUT2D eigenvalue weighted by Gasteiger charge is 2.29. The highest BCUT2D eigenvalue weighted by Crippen LogP contribution is 2.34. The number of pyridine rings is 1. The first-order chi connectivity index (χ1) is 6.75. The predicted octanol–water partition coefficient (Wildman–Crippen LogP) is 2.74. The van der Waals surface area contributed by atoms with Crippen molar-refractivity contribution in [3.05, 3.63) is 22.7 Å². The largest absolute Gasteiger partial charge is 0.268 e. The predicted molar refractivity (Wildman–Crippen MR) is 47.2 cm³/mol. The molecule has 0 amide bonds. The van der Waals surface area contributed by atoms with Gasteiger partial charge in [0.15, 0.2) is 5.82 Å². The molecule has 0 bridgehead atoms. The van der Waals surface area contributed by atoms with Crippen LogP contribution in [-0.4, -0.2) is 13.4 Å². The average Bonchev–Trinajstić information content (AvgIpc) is 2.05. The van der Waals surface area contributed by atoms with Gasteiger partial charge in [-0.1, -0.05) is 11.6 Å². The van der Waals surface area contributed by atoms with Crippen molar-refractivity contribution in [3.8, 4) is 0 Å². The summed E-state index contributed by atoms with van der Waals surface area (Å²) in [4.78, 5) is 1.73. The van der Waals surface area contributed by atoms with Crippen LogP contribution in [0.1, 0.15) is 12.0 Å². The zero-order chi connectivity index (χ0) is 11.8. The molecule has 15 heavy (non-hydrogen) atoms. The van der Waals surface area contributed by atoms with Crippen molar-refractivity contribution in [1.82, 2.24) is 4.98 Å². The second-order valence-electron chi connectivity index (χ2n) is 2.38. The Morgan fingerprint density at radius 2 is 1.93 bits per heavy atom. The molecule has 84 valence electrons. The van der Waals surface area contributed by atoms with Gasteiger partial charge in [0.1, 0.15) is 10.0 Å². The van der Waals surface area contributed by atoms with Crippen LogP contribution in [-0.2, 0) is 9.05 Å². The first kappa shape index (κ1) is 12.5. The van der Waals surface area contributed by atoms with E-state index in [1.807, 2.05) is 0 Å². The zero-order valence-electron chi connectivity index (χ0n) is 6.72. The fourth-order valence-corrected chi connectivity index (χ4v) is 2.39. The normalized spacial score (nSPS) is 12.1. The zero-order valence-corrected chi connectivity index (χ0v) is 9.04. The first-order valence-electron chi connectivity index (χ1n) is 3.32. The monoisotopic (exact) mass is 279 g/mol. The van der Waals surface area contributed by atoms with Crippen LogP contribution < -0.4 is 0 Å². The fourth-order valence-electron chi connectivity index (χ4n) is 0.901. The van der Waals surface area contributed by atoms with Gasteiger partial charge in [-0.3, -0.25) is 0 Å². The molecule has 0 saturated carbocycles. The number of alkyl halides is 2. The van der Waals surface area contributed by atoms with Crippen LogP contribution in [0.25, 0.3) is 0 Å². The van der Waals surface area contributed by atoms with E-state index < -0.39 is 36.9 Å². The Hall–Kier alpha value is -0.530. The third kappa shape index (κ3) is 2.53. The Kier molecular flexibility index (Phi) is 3.47. The van der Waals surface area contributed by atoms with E-state index >= 15 is 0 Å². The smallest absolute Gasteiger partial charge is 0.241 e. The van der Waals surface area contributed by atoms with E-state index in [1.54, 1.807) is 0 Å². The van der Waals surface area contributed by atoms with Crippen molar-refractivity contribution >= 4 is 31.3 Å². The van der Waals surface area contributed by atoms with E-state index in [-0.39, 0.29) is 0 Å². The van der Waals surface area contributed by atoms with E-state index in [4.69, 9.17) is 22.3 Å². The molecule has 0 aliphatic heterocycles. The highest BCUT2D eigenvalue weighted by atomic mass is 35.7. The quantitative estimate of drug-likeness (QED) is 0.618. The maximum absolute atomic E-state index is 13.0. The summed E-state index contributed by atoms with van der Waals surface area (Å²) in [7, 11) is 0.159. The van der Waals surface area contributed by atoms with E-state index in [2.05, 4.69) is 4.98 Å². The minimum Gasteiger partial charge on any atom is -0.241 e. The summed E-state index contributed by atoms with van der Waals surface area (Å²) in [6, 6.07) is 0. The molecule has 0 unspecified atom stereocenters. The standard InChI is InChI=1S/C6H2Cl2F3NO2S/c7-5-3(6(10)11)4(15(8,13)14)2(9)1-12-5/h1,6H. The van der Waals surface area contributed by atoms with E-state index in [1.165, 1.54) is 0 Å². The summed E-state index contributed by atoms with van der Waals surface area (Å²) in [6.45, 7) is 0. The third-order valence-corrected chi connectivity index (χ3v) is 3.10. The summed E-state index contributed by atoms with van der Waals surface area (Å²) in [5.74, 6) is -1.47. The molecule has 0 fully saturated rings. The molecule has 0 saturated heterocycles. The lowest BCUT2D eigenvalue weighted by molar-refractivity contribution is 0.146. The number of hydrogen-bond acceptors (Lipinski definition) is 3. The molecule has 1 aromatic heterocycles. The van der Waals surface area contributed by atoms with Crippen molar-refractivity contribution < 1.29 is 21.6 Å². The minimum absolute atomic E-state index is 0.406. The van der Waals surface area contributed by atoms with Gasteiger partial charge in [-0.15, -0.1) is 0 Å². The van der Waals surface area contributed by atoms with Crippen LogP contribution >= 0.6 is 22.3 Å². The van der Waals surface area contributed by atoms with Crippen molar-refractivity contribution in [2.75, 3.05) is 0 Å². The topological polar surface area (TPSA) is 47.0 Å². The summed E-state index contributed by atoms with van der Waals surface area (Å²) in [5.41, 5.74) is -1.23. The van der Waals surface area contributed by atoms with Crippen LogP contribution in [0, 0.1) is 5.82 Å². The van der Waals surface area contributed by atoms with Crippen molar-refractivity contribution in [2.24, 2.45) is 0 Å². The van der Waals surface area contributed by atoms with Crippen molar-refractivity contribution in [3.63, 3.8) is 0 Å². The molecule has 1 rings (SSSR count). The van der Waals surface area contributed by atoms with Crippen LogP contribution in [0.15, 0.2) is 11.1 Å². The van der Waals surface area contributed by atoms with Gasteiger partial charge < -0.3 is 0 Å². The first-order valence-corrected chi connectivity index (χ1v) is 6.00. The van der Waals surface area contributed by atoms with Crippen LogP contribution in [0.2, 0.25) is 5.15 Å². The molecule has 0 atom stereocenters. The average molecular weight is 280 g/mol. The number of halogens is 5. The second kappa shape index (κ2) is 4.15. The molecule has 3 nitrogen and oxygen atoms in total. The summed E-state index contributed by atoms with van der Waals surface area (Å²) in [5, 5.41) is -0.800. The number of nitrogens with zero attached hydrogens (tertiary/aromatic N) is 1. The van der Waals surface area contributed by atoms with Crippen LogP contribution in [0.4, 0.5) is 13.2 Å². The molecule has 0 aliphatic rings. The summed E-state index contributed by atoms with van der Waals surface area (Å²) >= 11 is 5.22. The second-order valence-corrected chi connectivity index (χ2v) is 5.24. The lowest BCUT2D eigenvalue weighted by Gasteiger charge is -2.07. The lowest BCUT2D eigenvalue weighted by atomic mass is 10.3. The molecular formula is C6H2Cl2F3NO2S. The van der Waals surface area contributed by atoms with Gasteiger partial charge >= 0.3 is 0 Å². The van der Waals surface area contributed by atoms with E-state index in [0.29, 0.717) is 6.20 Å². The molecule has 0 N–H and O–H groups in total. The van der Waals surface area contributed by atoms with Crippen LogP contribution in [0.5, 0.6) is 0 Å². The summed E-state index contributed by atoms with van der Waals surface area (Å²) in [6.07, 6.45) is -2.88. The molecule has 0 aliphatic carbocycles. The fraction of sp³-hybridized carbons (Fsp3) is 0.167. The Labute approximate surface area is 92.2 Å². The number of aromatic nitrogens is 1. The van der Waals surface area contributed by atoms with Gasteiger partial charge in [-0.05, 0) is 0 Å². The molecule has 1 aromatic rings. The molecule has 0 radical (unpaired) electrons. The molecular weight excluding hydrogens is 278 g/mol. The van der Waals surface area contributed by atoms with Crippen molar-refractivity contribution in [1.29, 1.82) is 0 Å². The van der Waals surface area contributed by atoms with Gasteiger partial charge in [0.05, 0.1) is 11.8 Å². The summed E-state index contributed by atoms with van der Waals surface area (Å²) < 4.78 is 59.4. The SMILES string of the molecule is O=S(=O)(Cl)c1c(F)cnc(Cl)c1C(F)F. The van der Waals surface area contributed by atoms with E-state index in [0.717, 1.165) is 0 Å². The molecule has 0 spiro atoms. The number of hydrogen-bond donors (Lipinski definition) is 0. The van der Waals surface area contributed by atoms with E-state index in [9.17, 15) is 21.6 Å². The van der Waals surface area contributed by atoms with Crippen LogP contribution in [0.3, 0.4) is 0 Å². The highest BCUT2D eigenvalue weighted by molar-refractivity contribution is 8.13. The molecule has 0 aromatic carbocycles. The van der Waals surface area contributed by atoms with Gasteiger partial charge in [-0.25, -0.2) is 26.6 Å². The number of rotatable bonds is 2. The third-order valence-electron chi connectivity index (χ3n) is 1.44. The van der Waals surface area contributed by atoms with Gasteiger partial charge in [0.25, 0.3) is 15.5 Å². The van der Waals surface area contributed by atoms with Gasteiger partial charge in [0, 0.05) is 10.7 Å². The Morgan fingerprint density at radius 1 is 1.40 bits per heavy atom. The Bertz CT molecular complexity index is 491. The lowest BCUT2D eigenvalue weighted by Crippen LogP contribution is -2.05. The molecule has 9 heteroatoms. The molecule has 1 heterocycles.